The molecular weight excluding hydrogens is 515 g/mol. The normalized spacial score (nSPS) is 10.9. The predicted molar refractivity (Wildman–Crippen MR) is 125 cm³/mol. The van der Waals surface area contributed by atoms with Gasteiger partial charge < -0.3 is 9.47 Å². The van der Waals surface area contributed by atoms with Crippen LogP contribution in [0, 0.1) is 12.7 Å². The molecule has 0 radical (unpaired) electrons. The van der Waals surface area contributed by atoms with Crippen molar-refractivity contribution in [3.63, 3.8) is 0 Å². The molecule has 4 rings (SSSR count). The number of rotatable bonds is 5. The topological polar surface area (TPSA) is 87.5 Å². The van der Waals surface area contributed by atoms with Crippen molar-refractivity contribution in [3.05, 3.63) is 91.0 Å². The summed E-state index contributed by atoms with van der Waals surface area (Å²) in [5, 5.41) is 0.287. The van der Waals surface area contributed by atoms with E-state index in [9.17, 15) is 18.8 Å². The number of aryl methyl sites for hydroxylation is 1. The van der Waals surface area contributed by atoms with E-state index in [1.165, 1.54) is 42.3 Å². The molecule has 0 bridgehead atoms. The van der Waals surface area contributed by atoms with Crippen LogP contribution >= 0.6 is 27.3 Å². The number of benzene rings is 2. The first-order valence-electron chi connectivity index (χ1n) is 9.61. The molecule has 0 unspecified atom stereocenters. The molecule has 4 aromatic rings. The van der Waals surface area contributed by atoms with Gasteiger partial charge in [-0.25, -0.2) is 19.0 Å². The van der Waals surface area contributed by atoms with Gasteiger partial charge in [0.15, 0.2) is 0 Å². The maximum atomic E-state index is 13.5. The summed E-state index contributed by atoms with van der Waals surface area (Å²) in [7, 11) is 1.23. The fourth-order valence-electron chi connectivity index (χ4n) is 3.31. The maximum absolute atomic E-state index is 13.5. The minimum absolute atomic E-state index is 0.0309. The highest BCUT2D eigenvalue weighted by atomic mass is 79.9. The summed E-state index contributed by atoms with van der Waals surface area (Å²) in [6.07, 6.45) is 1.37. The first-order chi connectivity index (χ1) is 15.8. The van der Waals surface area contributed by atoms with Crippen molar-refractivity contribution >= 4 is 49.4 Å². The first kappa shape index (κ1) is 22.8. The molecule has 0 aliphatic carbocycles. The summed E-state index contributed by atoms with van der Waals surface area (Å²) in [6.45, 7) is 1.77. The van der Waals surface area contributed by atoms with Gasteiger partial charge in [-0.3, -0.25) is 9.36 Å². The molecule has 0 saturated carbocycles. The van der Waals surface area contributed by atoms with Crippen molar-refractivity contribution in [3.8, 4) is 5.75 Å². The minimum Gasteiger partial charge on any atom is -0.465 e. The Bertz CT molecular complexity index is 1460. The van der Waals surface area contributed by atoms with Crippen molar-refractivity contribution in [1.29, 1.82) is 0 Å². The van der Waals surface area contributed by atoms with Crippen LogP contribution < -0.4 is 10.3 Å². The van der Waals surface area contributed by atoms with Crippen LogP contribution in [0.15, 0.2) is 58.1 Å². The van der Waals surface area contributed by atoms with Gasteiger partial charge >= 0.3 is 11.9 Å². The summed E-state index contributed by atoms with van der Waals surface area (Å²) >= 11 is 4.29. The van der Waals surface area contributed by atoms with Gasteiger partial charge in [-0.2, -0.15) is 0 Å². The molecule has 0 aliphatic rings. The lowest BCUT2D eigenvalue weighted by Gasteiger charge is -2.09. The second kappa shape index (κ2) is 9.24. The quantitative estimate of drug-likeness (QED) is 0.274. The summed E-state index contributed by atoms with van der Waals surface area (Å²) in [4.78, 5) is 42.9. The molecule has 33 heavy (non-hydrogen) atoms. The number of nitrogens with zero attached hydrogens (tertiary/aromatic N) is 2. The number of ether oxygens (including phenoxy) is 2. The standard InChI is InChI=1S/C23H16BrFN2O5S/c1-12-18-20(26-11-27(21(18)28)10-13-4-3-5-15(25)8-13)33-19(12)23(30)32-17-7-6-14(24)9-16(17)22(29)31-2/h3-9,11H,10H2,1-2H3. The number of methoxy groups -OCH3 is 1. The average Bonchev–Trinajstić information content (AvgIpc) is 3.13. The third-order valence-corrected chi connectivity index (χ3v) is 6.57. The minimum atomic E-state index is -0.723. The molecule has 0 amide bonds. The number of hydrogen-bond acceptors (Lipinski definition) is 7. The lowest BCUT2D eigenvalue weighted by molar-refractivity contribution is 0.0593. The van der Waals surface area contributed by atoms with Crippen LogP contribution in [-0.2, 0) is 11.3 Å². The van der Waals surface area contributed by atoms with Crippen molar-refractivity contribution in [2.45, 2.75) is 13.5 Å². The summed E-state index contributed by atoms with van der Waals surface area (Å²) in [6, 6.07) is 10.5. The molecule has 2 aromatic heterocycles. The van der Waals surface area contributed by atoms with Gasteiger partial charge in [0.05, 0.1) is 25.4 Å². The zero-order valence-electron chi connectivity index (χ0n) is 17.4. The Labute approximate surface area is 199 Å². The summed E-state index contributed by atoms with van der Waals surface area (Å²) < 4.78 is 25.7. The molecule has 0 atom stereocenters. The number of fused-ring (bicyclic) bond motifs is 1. The van der Waals surface area contributed by atoms with Crippen molar-refractivity contribution in [2.75, 3.05) is 7.11 Å². The highest BCUT2D eigenvalue weighted by Gasteiger charge is 2.23. The van der Waals surface area contributed by atoms with Crippen LogP contribution in [0.5, 0.6) is 5.75 Å². The van der Waals surface area contributed by atoms with E-state index in [2.05, 4.69) is 20.9 Å². The van der Waals surface area contributed by atoms with E-state index >= 15 is 0 Å². The molecule has 2 heterocycles. The fourth-order valence-corrected chi connectivity index (χ4v) is 4.68. The molecule has 0 aliphatic heterocycles. The zero-order valence-corrected chi connectivity index (χ0v) is 19.8. The van der Waals surface area contributed by atoms with Gasteiger partial charge in [-0.15, -0.1) is 11.3 Å². The second-order valence-corrected chi connectivity index (χ2v) is 8.98. The number of halogens is 2. The number of thiophene rings is 1. The highest BCUT2D eigenvalue weighted by Crippen LogP contribution is 2.30. The van der Waals surface area contributed by atoms with Crippen LogP contribution in [-0.4, -0.2) is 28.6 Å². The van der Waals surface area contributed by atoms with Gasteiger partial charge in [0.1, 0.15) is 26.8 Å². The number of hydrogen-bond donors (Lipinski definition) is 0. The van der Waals surface area contributed by atoms with Crippen LogP contribution in [0.3, 0.4) is 0 Å². The maximum Gasteiger partial charge on any atom is 0.354 e. The molecule has 0 saturated heterocycles. The Morgan fingerprint density at radius 1 is 1.18 bits per heavy atom. The fraction of sp³-hybridized carbons (Fsp3) is 0.130. The first-order valence-corrected chi connectivity index (χ1v) is 11.2. The van der Waals surface area contributed by atoms with Gasteiger partial charge in [0, 0.05) is 4.47 Å². The lowest BCUT2D eigenvalue weighted by Crippen LogP contribution is -2.21. The van der Waals surface area contributed by atoms with Crippen LogP contribution in [0.4, 0.5) is 4.39 Å². The number of esters is 2. The largest absolute Gasteiger partial charge is 0.465 e. The molecule has 10 heteroatoms. The monoisotopic (exact) mass is 530 g/mol. The average molecular weight is 531 g/mol. The van der Waals surface area contributed by atoms with Crippen molar-refractivity contribution in [1.82, 2.24) is 9.55 Å². The number of carbonyl (C=O) groups excluding carboxylic acids is 2. The molecule has 0 spiro atoms. The van der Waals surface area contributed by atoms with Gasteiger partial charge in [-0.1, -0.05) is 28.1 Å². The molecule has 0 fully saturated rings. The Morgan fingerprint density at radius 3 is 2.70 bits per heavy atom. The SMILES string of the molecule is COC(=O)c1cc(Br)ccc1OC(=O)c1sc2ncn(Cc3cccc(F)c3)c(=O)c2c1C. The number of aromatic nitrogens is 2. The van der Waals surface area contributed by atoms with Gasteiger partial charge in [0.25, 0.3) is 5.56 Å². The summed E-state index contributed by atoms with van der Waals surface area (Å²) in [5.74, 6) is -1.75. The Morgan fingerprint density at radius 2 is 1.97 bits per heavy atom. The second-order valence-electron chi connectivity index (χ2n) is 7.07. The van der Waals surface area contributed by atoms with E-state index in [0.29, 0.717) is 20.4 Å². The smallest absolute Gasteiger partial charge is 0.354 e. The molecular formula is C23H16BrFN2O5S. The van der Waals surface area contributed by atoms with E-state index in [0.717, 1.165) is 11.3 Å². The Hall–Kier alpha value is -3.37. The molecule has 0 N–H and O–H groups in total. The molecule has 7 nitrogen and oxygen atoms in total. The van der Waals surface area contributed by atoms with Crippen molar-refractivity contribution < 1.29 is 23.5 Å². The van der Waals surface area contributed by atoms with E-state index in [1.807, 2.05) is 0 Å². The highest BCUT2D eigenvalue weighted by molar-refractivity contribution is 9.10. The van der Waals surface area contributed by atoms with Crippen LogP contribution in [0.25, 0.3) is 10.2 Å². The van der Waals surface area contributed by atoms with Gasteiger partial charge in [0.2, 0.25) is 0 Å². The molecule has 2 aromatic carbocycles. The molecule has 168 valence electrons. The van der Waals surface area contributed by atoms with Crippen molar-refractivity contribution in [2.24, 2.45) is 0 Å². The van der Waals surface area contributed by atoms with Gasteiger partial charge in [-0.05, 0) is 48.4 Å². The van der Waals surface area contributed by atoms with E-state index < -0.39 is 17.8 Å². The third-order valence-electron chi connectivity index (χ3n) is 4.89. The summed E-state index contributed by atoms with van der Waals surface area (Å²) in [5.41, 5.74) is 0.754. The third kappa shape index (κ3) is 4.57. The zero-order chi connectivity index (χ0) is 23.7. The number of carbonyl (C=O) groups is 2. The van der Waals surface area contributed by atoms with Crippen LogP contribution in [0.1, 0.15) is 31.2 Å². The van der Waals surface area contributed by atoms with E-state index in [-0.39, 0.29) is 33.7 Å². The Kier molecular flexibility index (Phi) is 6.39. The lowest BCUT2D eigenvalue weighted by atomic mass is 10.2. The predicted octanol–water partition coefficient (Wildman–Crippen LogP) is 4.72. The van der Waals surface area contributed by atoms with E-state index in [4.69, 9.17) is 9.47 Å². The van der Waals surface area contributed by atoms with E-state index in [1.54, 1.807) is 25.1 Å². The van der Waals surface area contributed by atoms with Crippen LogP contribution in [0.2, 0.25) is 0 Å². The Balaban J connectivity index is 1.69.